The highest BCUT2D eigenvalue weighted by Crippen LogP contribution is 2.64. The second-order valence-corrected chi connectivity index (χ2v) is 10.6. The Hall–Kier alpha value is -3.24. The van der Waals surface area contributed by atoms with E-state index in [0.717, 1.165) is 17.7 Å². The first-order valence-corrected chi connectivity index (χ1v) is 13.1. The van der Waals surface area contributed by atoms with Gasteiger partial charge < -0.3 is 35.1 Å². The maximum absolute atomic E-state index is 13.6. The van der Waals surface area contributed by atoms with Crippen LogP contribution in [0.25, 0.3) is 0 Å². The first-order valence-electron chi connectivity index (χ1n) is 13.1. The molecule has 0 radical (unpaired) electrons. The van der Waals surface area contributed by atoms with E-state index in [2.05, 4.69) is 4.90 Å². The largest absolute Gasteiger partial charge is 0.481 e. The molecule has 4 N–H and O–H groups in total. The standard InChI is InChI=1S/C29H32N2O7/c1-31-14-12-28-23-18-7-8-19(16-32)24(23)38-26(28)20(9-11-29(28,35)21(31)15-18)36-27(34)25(37-22(33)10-13-30)17-5-3-2-4-6-17/h2-9,21,25-26,32,35H,10-16,30H2,1H3/t21-,25+,26+,28+,29-/m1/s1. The van der Waals surface area contributed by atoms with Gasteiger partial charge in [-0.2, -0.15) is 0 Å². The average molecular weight is 521 g/mol. The molecule has 2 bridgehead atoms. The average Bonchev–Trinajstić information content (AvgIpc) is 3.27. The van der Waals surface area contributed by atoms with E-state index in [1.165, 1.54) is 0 Å². The molecule has 0 aromatic heterocycles. The molecule has 2 heterocycles. The zero-order chi connectivity index (χ0) is 26.7. The number of nitrogens with zero attached hydrogens (tertiary/aromatic N) is 1. The van der Waals surface area contributed by atoms with Gasteiger partial charge in [-0.1, -0.05) is 42.5 Å². The molecule has 200 valence electrons. The first kappa shape index (κ1) is 25.1. The van der Waals surface area contributed by atoms with E-state index in [-0.39, 0.29) is 37.8 Å². The zero-order valence-electron chi connectivity index (χ0n) is 21.3. The number of hydrogen-bond donors (Lipinski definition) is 3. The summed E-state index contributed by atoms with van der Waals surface area (Å²) in [6, 6.07) is 12.4. The van der Waals surface area contributed by atoms with Crippen molar-refractivity contribution in [2.45, 2.75) is 61.6 Å². The van der Waals surface area contributed by atoms with Crippen molar-refractivity contribution in [3.8, 4) is 5.75 Å². The van der Waals surface area contributed by atoms with Crippen LogP contribution in [-0.4, -0.2) is 64.9 Å². The van der Waals surface area contributed by atoms with E-state index in [0.29, 0.717) is 29.7 Å². The SMILES string of the molecule is CN1CC[C@]23c4c5ccc(CO)c4O[C@H]2C(OC(=O)[C@@H](OC(=O)CCN)c2ccccc2)=CC[C@@]3(O)[C@H]1C5. The lowest BCUT2D eigenvalue weighted by Gasteiger charge is -2.61. The number of carbonyl (C=O) groups excluding carboxylic acids is 2. The number of carbonyl (C=O) groups is 2. The number of likely N-dealkylation sites (N-methyl/N-ethyl adjacent to an activating group) is 1. The van der Waals surface area contributed by atoms with Gasteiger partial charge in [-0.25, -0.2) is 4.79 Å². The minimum atomic E-state index is -1.28. The van der Waals surface area contributed by atoms with Gasteiger partial charge >= 0.3 is 11.9 Å². The number of ether oxygens (including phenoxy) is 3. The molecule has 5 atom stereocenters. The van der Waals surface area contributed by atoms with Crippen molar-refractivity contribution in [2.75, 3.05) is 20.1 Å². The van der Waals surface area contributed by atoms with Gasteiger partial charge in [0.2, 0.25) is 6.10 Å². The predicted molar refractivity (Wildman–Crippen MR) is 136 cm³/mol. The van der Waals surface area contributed by atoms with Gasteiger partial charge in [0.05, 0.1) is 24.0 Å². The van der Waals surface area contributed by atoms with Crippen LogP contribution in [0.4, 0.5) is 0 Å². The maximum Gasteiger partial charge on any atom is 0.357 e. The molecule has 38 heavy (non-hydrogen) atoms. The van der Waals surface area contributed by atoms with Crippen molar-refractivity contribution in [1.82, 2.24) is 4.90 Å². The summed E-state index contributed by atoms with van der Waals surface area (Å²) >= 11 is 0. The second-order valence-electron chi connectivity index (χ2n) is 10.6. The molecule has 2 aromatic carbocycles. The van der Waals surface area contributed by atoms with Crippen LogP contribution in [-0.2, 0) is 37.5 Å². The fourth-order valence-electron chi connectivity index (χ4n) is 6.99. The molecule has 2 aliphatic carbocycles. The molecule has 9 heteroatoms. The number of benzene rings is 2. The van der Waals surface area contributed by atoms with Crippen LogP contribution in [0.1, 0.15) is 47.6 Å². The quantitative estimate of drug-likeness (QED) is 0.466. The number of hydrogen-bond acceptors (Lipinski definition) is 9. The van der Waals surface area contributed by atoms with Crippen molar-refractivity contribution in [3.05, 3.63) is 76.6 Å². The van der Waals surface area contributed by atoms with Gasteiger partial charge in [0.1, 0.15) is 11.5 Å². The Morgan fingerprint density at radius 2 is 2.03 bits per heavy atom. The van der Waals surface area contributed by atoms with E-state index in [1.807, 2.05) is 19.2 Å². The molecule has 0 amide bonds. The smallest absolute Gasteiger partial charge is 0.357 e. The lowest BCUT2D eigenvalue weighted by atomic mass is 9.50. The Labute approximate surface area is 220 Å². The lowest BCUT2D eigenvalue weighted by Crippen LogP contribution is -2.74. The summed E-state index contributed by atoms with van der Waals surface area (Å²) in [6.45, 7) is 0.625. The number of nitrogens with two attached hydrogens (primary N) is 1. The van der Waals surface area contributed by atoms with Gasteiger partial charge in [0.15, 0.2) is 6.10 Å². The van der Waals surface area contributed by atoms with Gasteiger partial charge in [-0.05, 0) is 38.1 Å². The van der Waals surface area contributed by atoms with E-state index in [9.17, 15) is 19.8 Å². The third-order valence-corrected chi connectivity index (χ3v) is 8.76. The predicted octanol–water partition coefficient (Wildman–Crippen LogP) is 1.63. The minimum Gasteiger partial charge on any atom is -0.481 e. The number of rotatable bonds is 7. The molecule has 1 spiro atoms. The van der Waals surface area contributed by atoms with Crippen molar-refractivity contribution in [3.63, 3.8) is 0 Å². The number of aliphatic hydroxyl groups excluding tert-OH is 1. The molecule has 4 aliphatic rings. The highest BCUT2D eigenvalue weighted by Gasteiger charge is 2.72. The van der Waals surface area contributed by atoms with Crippen LogP contribution in [0.3, 0.4) is 0 Å². The van der Waals surface area contributed by atoms with Crippen LogP contribution in [0.15, 0.2) is 54.3 Å². The molecule has 6 rings (SSSR count). The van der Waals surface area contributed by atoms with Crippen LogP contribution in [0.2, 0.25) is 0 Å². The van der Waals surface area contributed by atoms with Crippen molar-refractivity contribution >= 4 is 11.9 Å². The first-order chi connectivity index (χ1) is 18.3. The third-order valence-electron chi connectivity index (χ3n) is 8.76. The van der Waals surface area contributed by atoms with Crippen molar-refractivity contribution in [1.29, 1.82) is 0 Å². The monoisotopic (exact) mass is 520 g/mol. The highest BCUT2D eigenvalue weighted by molar-refractivity contribution is 5.82. The van der Waals surface area contributed by atoms with E-state index in [1.54, 1.807) is 36.4 Å². The Balaban J connectivity index is 1.39. The van der Waals surface area contributed by atoms with Gasteiger partial charge in [0, 0.05) is 35.7 Å². The molecule has 2 aromatic rings. The summed E-state index contributed by atoms with van der Waals surface area (Å²) in [6.07, 6.45) is 1.19. The minimum absolute atomic E-state index is 0.0296. The van der Waals surface area contributed by atoms with Gasteiger partial charge in [-0.15, -0.1) is 0 Å². The number of likely N-dealkylation sites (tertiary alicyclic amines) is 1. The molecule has 1 fully saturated rings. The topological polar surface area (TPSA) is 132 Å². The number of piperidine rings is 1. The summed E-state index contributed by atoms with van der Waals surface area (Å²) in [7, 11) is 2.02. The maximum atomic E-state index is 13.6. The van der Waals surface area contributed by atoms with Crippen LogP contribution >= 0.6 is 0 Å². The summed E-state index contributed by atoms with van der Waals surface area (Å²) in [4.78, 5) is 28.1. The molecular formula is C29H32N2O7. The molecular weight excluding hydrogens is 488 g/mol. The van der Waals surface area contributed by atoms with Crippen LogP contribution < -0.4 is 10.5 Å². The summed E-state index contributed by atoms with van der Waals surface area (Å²) < 4.78 is 18.0. The Bertz CT molecular complexity index is 1310. The van der Waals surface area contributed by atoms with Crippen LogP contribution in [0, 0.1) is 0 Å². The normalized spacial score (nSPS) is 29.5. The van der Waals surface area contributed by atoms with Crippen molar-refractivity contribution in [2.24, 2.45) is 5.73 Å². The summed E-state index contributed by atoms with van der Waals surface area (Å²) in [5, 5.41) is 22.4. The number of aliphatic hydroxyl groups is 2. The van der Waals surface area contributed by atoms with Gasteiger partial charge in [-0.3, -0.25) is 4.79 Å². The molecule has 2 aliphatic heterocycles. The second kappa shape index (κ2) is 9.20. The summed E-state index contributed by atoms with van der Waals surface area (Å²) in [5.41, 5.74) is 6.64. The molecule has 1 saturated heterocycles. The fraction of sp³-hybridized carbons (Fsp3) is 0.448. The molecule has 9 nitrogen and oxygen atoms in total. The molecule has 0 saturated carbocycles. The Morgan fingerprint density at radius 3 is 2.76 bits per heavy atom. The van der Waals surface area contributed by atoms with E-state index < -0.39 is 35.2 Å². The van der Waals surface area contributed by atoms with E-state index in [4.69, 9.17) is 19.9 Å². The van der Waals surface area contributed by atoms with Crippen LogP contribution in [0.5, 0.6) is 5.75 Å². The Kier molecular flexibility index (Phi) is 6.07. The Morgan fingerprint density at radius 1 is 1.24 bits per heavy atom. The summed E-state index contributed by atoms with van der Waals surface area (Å²) in [5.74, 6) is -0.505. The highest BCUT2D eigenvalue weighted by atomic mass is 16.6. The zero-order valence-corrected chi connectivity index (χ0v) is 21.3. The lowest BCUT2D eigenvalue weighted by molar-refractivity contribution is -0.176. The third kappa shape index (κ3) is 3.46. The van der Waals surface area contributed by atoms with Gasteiger partial charge in [0.25, 0.3) is 0 Å². The van der Waals surface area contributed by atoms with Crippen molar-refractivity contribution < 1.29 is 34.0 Å². The fourth-order valence-corrected chi connectivity index (χ4v) is 6.99. The number of esters is 2. The van der Waals surface area contributed by atoms with E-state index >= 15 is 0 Å². The molecule has 0 unspecified atom stereocenters.